The van der Waals surface area contributed by atoms with Crippen LogP contribution in [0.15, 0.2) is 11.6 Å². The summed E-state index contributed by atoms with van der Waals surface area (Å²) in [5, 5.41) is 27.7. The quantitative estimate of drug-likeness (QED) is 0.466. The minimum absolute atomic E-state index is 0.0634. The van der Waals surface area contributed by atoms with Gasteiger partial charge in [0.2, 0.25) is 0 Å². The van der Waals surface area contributed by atoms with Crippen LogP contribution < -0.4 is 0 Å². The first-order chi connectivity index (χ1) is 11.0. The second kappa shape index (κ2) is 7.46. The monoisotopic (exact) mass is 342 g/mol. The van der Waals surface area contributed by atoms with Crippen molar-refractivity contribution in [1.29, 1.82) is 0 Å². The minimum Gasteiger partial charge on any atom is -0.481 e. The Hall–Kier alpha value is -2.38. The number of carboxylic acid groups (broad SMARTS) is 3. The van der Waals surface area contributed by atoms with E-state index >= 15 is 0 Å². The molecule has 8 nitrogen and oxygen atoms in total. The number of hydrogen-bond acceptors (Lipinski definition) is 5. The molecule has 3 N–H and O–H groups in total. The van der Waals surface area contributed by atoms with Crippen molar-refractivity contribution in [3.63, 3.8) is 0 Å². The summed E-state index contributed by atoms with van der Waals surface area (Å²) in [6.45, 7) is 4.81. The Labute approximate surface area is 139 Å². The minimum atomic E-state index is -1.30. The summed E-state index contributed by atoms with van der Waals surface area (Å²) in [7, 11) is 0. The molecule has 0 amide bonds. The van der Waals surface area contributed by atoms with Crippen LogP contribution >= 0.6 is 0 Å². The van der Waals surface area contributed by atoms with Crippen LogP contribution in [0.3, 0.4) is 0 Å². The van der Waals surface area contributed by atoms with Crippen LogP contribution in [0, 0.1) is 23.2 Å². The third-order valence-electron chi connectivity index (χ3n) is 4.73. The van der Waals surface area contributed by atoms with Crippen LogP contribution in [0.5, 0.6) is 0 Å². The summed E-state index contributed by atoms with van der Waals surface area (Å²) in [5.74, 6) is -8.07. The topological polar surface area (TPSA) is 138 Å². The molecule has 1 aliphatic carbocycles. The molecule has 0 aliphatic heterocycles. The van der Waals surface area contributed by atoms with E-state index in [0.717, 1.165) is 0 Å². The van der Waals surface area contributed by atoms with E-state index in [1.165, 1.54) is 6.08 Å². The Morgan fingerprint density at radius 3 is 2.25 bits per heavy atom. The molecule has 0 aromatic heterocycles. The largest absolute Gasteiger partial charge is 0.481 e. The van der Waals surface area contributed by atoms with E-state index in [0.29, 0.717) is 5.57 Å². The maximum Gasteiger partial charge on any atom is 0.311 e. The van der Waals surface area contributed by atoms with E-state index in [-0.39, 0.29) is 13.0 Å². The van der Waals surface area contributed by atoms with Crippen LogP contribution in [0.2, 0.25) is 0 Å². The van der Waals surface area contributed by atoms with Crippen LogP contribution in [0.4, 0.5) is 0 Å². The van der Waals surface area contributed by atoms with Gasteiger partial charge in [0.05, 0.1) is 30.8 Å². The molecule has 0 saturated carbocycles. The van der Waals surface area contributed by atoms with E-state index < -0.39 is 53.5 Å². The fourth-order valence-corrected chi connectivity index (χ4v) is 3.21. The first-order valence-electron chi connectivity index (χ1n) is 7.57. The molecular formula is C16H22O8. The van der Waals surface area contributed by atoms with Gasteiger partial charge in [0.25, 0.3) is 0 Å². The lowest BCUT2D eigenvalue weighted by Crippen LogP contribution is -2.45. The van der Waals surface area contributed by atoms with Gasteiger partial charge in [-0.3, -0.25) is 19.2 Å². The predicted molar refractivity (Wildman–Crippen MR) is 81.1 cm³/mol. The number of carboxylic acids is 3. The van der Waals surface area contributed by atoms with Crippen molar-refractivity contribution < 1.29 is 39.2 Å². The maximum atomic E-state index is 12.2. The number of hydrogen-bond donors (Lipinski definition) is 3. The zero-order valence-corrected chi connectivity index (χ0v) is 13.8. The van der Waals surface area contributed by atoms with Crippen LogP contribution in [0.1, 0.15) is 33.6 Å². The molecule has 0 fully saturated rings. The summed E-state index contributed by atoms with van der Waals surface area (Å²) >= 11 is 0. The van der Waals surface area contributed by atoms with Crippen molar-refractivity contribution >= 4 is 23.9 Å². The smallest absolute Gasteiger partial charge is 0.311 e. The number of aliphatic carboxylic acids is 3. The molecule has 8 heteroatoms. The van der Waals surface area contributed by atoms with Crippen molar-refractivity contribution in [1.82, 2.24) is 0 Å². The predicted octanol–water partition coefficient (Wildman–Crippen LogP) is 1.40. The summed E-state index contributed by atoms with van der Waals surface area (Å²) < 4.78 is 4.95. The molecule has 134 valence electrons. The molecule has 0 bridgehead atoms. The Morgan fingerprint density at radius 2 is 1.83 bits per heavy atom. The highest BCUT2D eigenvalue weighted by Crippen LogP contribution is 2.49. The van der Waals surface area contributed by atoms with Gasteiger partial charge >= 0.3 is 23.9 Å². The number of carbonyl (C=O) groups excluding carboxylic acids is 1. The lowest BCUT2D eigenvalue weighted by molar-refractivity contribution is -0.160. The van der Waals surface area contributed by atoms with E-state index in [1.807, 2.05) is 0 Å². The van der Waals surface area contributed by atoms with E-state index in [2.05, 4.69) is 0 Å². The van der Waals surface area contributed by atoms with Gasteiger partial charge in [-0.2, -0.15) is 0 Å². The van der Waals surface area contributed by atoms with Crippen molar-refractivity contribution in [3.05, 3.63) is 11.6 Å². The van der Waals surface area contributed by atoms with Gasteiger partial charge in [0.1, 0.15) is 0 Å². The van der Waals surface area contributed by atoms with Crippen LogP contribution in [-0.4, -0.2) is 45.8 Å². The number of esters is 1. The molecular weight excluding hydrogens is 320 g/mol. The standard InChI is InChI=1S/C16H22O8/c1-4-24-15(23)11(6-12(17)18)16(3)7-10(14(21)22)9(13(19)20)5-8(16)2/h5,9-11H,4,6-7H2,1-3H3,(H,17,18)(H,19,20)(H,21,22). The second-order valence-corrected chi connectivity index (χ2v) is 6.18. The van der Waals surface area contributed by atoms with Crippen molar-refractivity contribution in [2.24, 2.45) is 23.2 Å². The third-order valence-corrected chi connectivity index (χ3v) is 4.73. The van der Waals surface area contributed by atoms with Gasteiger partial charge in [0, 0.05) is 5.41 Å². The fourth-order valence-electron chi connectivity index (χ4n) is 3.21. The molecule has 0 radical (unpaired) electrons. The average molecular weight is 342 g/mol. The Bertz CT molecular complexity index is 579. The summed E-state index contributed by atoms with van der Waals surface area (Å²) in [6, 6.07) is 0. The molecule has 1 aliphatic rings. The molecule has 24 heavy (non-hydrogen) atoms. The van der Waals surface area contributed by atoms with Gasteiger partial charge in [-0.15, -0.1) is 0 Å². The molecule has 0 aromatic carbocycles. The molecule has 0 aromatic rings. The Balaban J connectivity index is 3.36. The van der Waals surface area contributed by atoms with Crippen LogP contribution in [-0.2, 0) is 23.9 Å². The maximum absolute atomic E-state index is 12.2. The van der Waals surface area contributed by atoms with Gasteiger partial charge in [-0.25, -0.2) is 0 Å². The highest BCUT2D eigenvalue weighted by molar-refractivity contribution is 5.84. The van der Waals surface area contributed by atoms with Crippen molar-refractivity contribution in [2.75, 3.05) is 6.61 Å². The van der Waals surface area contributed by atoms with E-state index in [4.69, 9.17) is 9.84 Å². The van der Waals surface area contributed by atoms with Gasteiger partial charge in [-0.1, -0.05) is 18.6 Å². The zero-order chi connectivity index (χ0) is 18.7. The average Bonchev–Trinajstić information content (AvgIpc) is 2.46. The molecule has 0 spiro atoms. The molecule has 4 atom stereocenters. The molecule has 1 rings (SSSR count). The van der Waals surface area contributed by atoms with E-state index in [9.17, 15) is 29.4 Å². The Morgan fingerprint density at radius 1 is 1.25 bits per heavy atom. The normalized spacial score (nSPS) is 27.7. The van der Waals surface area contributed by atoms with Gasteiger partial charge in [-0.05, 0) is 20.3 Å². The summed E-state index contributed by atoms with van der Waals surface area (Å²) in [6.07, 6.45) is 0.627. The van der Waals surface area contributed by atoms with Crippen molar-refractivity contribution in [3.8, 4) is 0 Å². The zero-order valence-electron chi connectivity index (χ0n) is 13.8. The Kier molecular flexibility index (Phi) is 6.11. The van der Waals surface area contributed by atoms with Crippen molar-refractivity contribution in [2.45, 2.75) is 33.6 Å². The number of carbonyl (C=O) groups is 4. The number of allylic oxidation sites excluding steroid dienone is 1. The first-order valence-corrected chi connectivity index (χ1v) is 7.57. The SMILES string of the molecule is CCOC(=O)C(CC(=O)O)C1(C)CC(C(=O)O)C(C(=O)O)C=C1C. The van der Waals surface area contributed by atoms with Gasteiger partial charge < -0.3 is 20.1 Å². The number of rotatable bonds is 7. The molecule has 0 saturated heterocycles. The molecule has 4 unspecified atom stereocenters. The fraction of sp³-hybridized carbons (Fsp3) is 0.625. The second-order valence-electron chi connectivity index (χ2n) is 6.18. The van der Waals surface area contributed by atoms with Crippen LogP contribution in [0.25, 0.3) is 0 Å². The summed E-state index contributed by atoms with van der Waals surface area (Å²) in [4.78, 5) is 46.2. The molecule has 0 heterocycles. The lowest BCUT2D eigenvalue weighted by atomic mass is 9.60. The first kappa shape index (κ1) is 19.7. The lowest BCUT2D eigenvalue weighted by Gasteiger charge is -2.42. The summed E-state index contributed by atoms with van der Waals surface area (Å²) in [5.41, 5.74) is -0.633. The van der Waals surface area contributed by atoms with E-state index in [1.54, 1.807) is 20.8 Å². The third kappa shape index (κ3) is 3.93. The highest BCUT2D eigenvalue weighted by atomic mass is 16.5. The highest BCUT2D eigenvalue weighted by Gasteiger charge is 2.50. The number of ether oxygens (including phenoxy) is 1. The van der Waals surface area contributed by atoms with Gasteiger partial charge in [0.15, 0.2) is 0 Å².